The van der Waals surface area contributed by atoms with Gasteiger partial charge in [0.1, 0.15) is 11.5 Å². The topological polar surface area (TPSA) is 84.2 Å². The van der Waals surface area contributed by atoms with Gasteiger partial charge in [-0.25, -0.2) is 14.5 Å². The average molecular weight is 296 g/mol. The van der Waals surface area contributed by atoms with Crippen LogP contribution in [0.25, 0.3) is 5.65 Å². The monoisotopic (exact) mass is 296 g/mol. The molecule has 0 saturated carbocycles. The van der Waals surface area contributed by atoms with Crippen molar-refractivity contribution >= 4 is 28.8 Å². The first-order valence-corrected chi connectivity index (χ1v) is 6.86. The van der Waals surface area contributed by atoms with Crippen LogP contribution in [0.1, 0.15) is 23.1 Å². The lowest BCUT2D eigenvalue weighted by atomic mass is 10.3. The highest BCUT2D eigenvalue weighted by molar-refractivity contribution is 5.93. The van der Waals surface area contributed by atoms with Crippen molar-refractivity contribution in [3.8, 4) is 0 Å². The van der Waals surface area contributed by atoms with Gasteiger partial charge in [0.25, 0.3) is 0 Å². The molecule has 7 heteroatoms. The van der Waals surface area contributed by atoms with Gasteiger partial charge in [0.2, 0.25) is 0 Å². The maximum atomic E-state index is 11.7. The molecule has 0 amide bonds. The van der Waals surface area contributed by atoms with E-state index in [0.717, 1.165) is 11.4 Å². The molecule has 3 rings (SSSR count). The van der Waals surface area contributed by atoms with Gasteiger partial charge >= 0.3 is 0 Å². The molecule has 0 atom stereocenters. The number of hydrogen-bond acceptors (Lipinski definition) is 6. The van der Waals surface area contributed by atoms with Crippen LogP contribution >= 0.6 is 0 Å². The van der Waals surface area contributed by atoms with Gasteiger partial charge < -0.3 is 10.6 Å². The first kappa shape index (κ1) is 14.0. The quantitative estimate of drug-likeness (QED) is 0.719. The molecule has 0 spiro atoms. The van der Waals surface area contributed by atoms with E-state index in [9.17, 15) is 4.79 Å². The lowest BCUT2D eigenvalue weighted by molar-refractivity contribution is 0.101. The second-order valence-electron chi connectivity index (χ2n) is 4.92. The molecule has 3 aromatic rings. The van der Waals surface area contributed by atoms with Crippen molar-refractivity contribution in [2.75, 3.05) is 17.7 Å². The van der Waals surface area contributed by atoms with Crippen molar-refractivity contribution in [2.24, 2.45) is 0 Å². The van der Waals surface area contributed by atoms with Crippen LogP contribution in [0.3, 0.4) is 0 Å². The van der Waals surface area contributed by atoms with Gasteiger partial charge in [-0.1, -0.05) is 6.07 Å². The summed E-state index contributed by atoms with van der Waals surface area (Å²) in [5, 5.41) is 10.6. The predicted octanol–water partition coefficient (Wildman–Crippen LogP) is 2.42. The fraction of sp³-hybridized carbons (Fsp3) is 0.200. The number of imidazole rings is 1. The molecule has 0 aliphatic heterocycles. The molecule has 22 heavy (non-hydrogen) atoms. The van der Waals surface area contributed by atoms with Gasteiger partial charge in [0.15, 0.2) is 17.2 Å². The highest BCUT2D eigenvalue weighted by Crippen LogP contribution is 2.22. The summed E-state index contributed by atoms with van der Waals surface area (Å²) in [5.74, 6) is 1.18. The molecular weight excluding hydrogens is 280 g/mol. The van der Waals surface area contributed by atoms with Crippen molar-refractivity contribution in [1.29, 1.82) is 0 Å². The maximum absolute atomic E-state index is 11.7. The predicted molar refractivity (Wildman–Crippen MR) is 84.8 cm³/mol. The molecule has 3 aromatic heterocycles. The molecule has 3 heterocycles. The van der Waals surface area contributed by atoms with Crippen LogP contribution in [-0.2, 0) is 0 Å². The van der Waals surface area contributed by atoms with Crippen LogP contribution in [0, 0.1) is 6.92 Å². The molecule has 0 saturated heterocycles. The molecule has 0 bridgehead atoms. The summed E-state index contributed by atoms with van der Waals surface area (Å²) in [6.07, 6.45) is 1.53. The van der Waals surface area contributed by atoms with Gasteiger partial charge in [0, 0.05) is 25.7 Å². The Balaban J connectivity index is 2.09. The molecule has 0 fully saturated rings. The Bertz CT molecular complexity index is 854. The van der Waals surface area contributed by atoms with Gasteiger partial charge in [-0.2, -0.15) is 0 Å². The Hall–Kier alpha value is -2.96. The van der Waals surface area contributed by atoms with Crippen LogP contribution in [-0.4, -0.2) is 32.4 Å². The first-order valence-electron chi connectivity index (χ1n) is 6.86. The number of Topliss-reactive ketones (excluding diaryl/α,β-unsaturated/α-hetero) is 1. The standard InChI is InChI=1S/C15H16N6O/c1-9-5-4-6-13(18-9)19-14-7-11(16-3)15-17-8-12(10(2)22)21(15)20-14/h4-8,16H,1-3H3,(H,18,19,20). The SMILES string of the molecule is CNc1cc(Nc2cccc(C)n2)nn2c(C(C)=O)cnc12. The van der Waals surface area contributed by atoms with Crippen LogP contribution in [0.4, 0.5) is 17.3 Å². The largest absolute Gasteiger partial charge is 0.385 e. The molecule has 2 N–H and O–H groups in total. The summed E-state index contributed by atoms with van der Waals surface area (Å²) < 4.78 is 1.53. The number of carbonyl (C=O) groups excluding carboxylic acids is 1. The summed E-state index contributed by atoms with van der Waals surface area (Å²) in [5.41, 5.74) is 2.73. The number of aromatic nitrogens is 4. The van der Waals surface area contributed by atoms with Crippen LogP contribution < -0.4 is 10.6 Å². The van der Waals surface area contributed by atoms with Gasteiger partial charge in [-0.15, -0.1) is 5.10 Å². The number of pyridine rings is 1. The van der Waals surface area contributed by atoms with Crippen molar-refractivity contribution in [1.82, 2.24) is 19.6 Å². The van der Waals surface area contributed by atoms with E-state index in [1.54, 1.807) is 7.05 Å². The minimum atomic E-state index is -0.0899. The zero-order valence-corrected chi connectivity index (χ0v) is 12.6. The average Bonchev–Trinajstić information content (AvgIpc) is 2.90. The summed E-state index contributed by atoms with van der Waals surface area (Å²) in [4.78, 5) is 20.3. The van der Waals surface area contributed by atoms with E-state index in [1.807, 2.05) is 31.2 Å². The number of hydrogen-bond donors (Lipinski definition) is 2. The molecule has 0 aliphatic rings. The van der Waals surface area contributed by atoms with Gasteiger partial charge in [-0.3, -0.25) is 4.79 Å². The van der Waals surface area contributed by atoms with E-state index in [2.05, 4.69) is 25.7 Å². The highest BCUT2D eigenvalue weighted by atomic mass is 16.1. The van der Waals surface area contributed by atoms with Crippen molar-refractivity contribution in [2.45, 2.75) is 13.8 Å². The Labute approximate surface area is 127 Å². The lowest BCUT2D eigenvalue weighted by Gasteiger charge is -2.09. The summed E-state index contributed by atoms with van der Waals surface area (Å²) >= 11 is 0. The fourth-order valence-electron chi connectivity index (χ4n) is 2.20. The minimum absolute atomic E-state index is 0.0899. The maximum Gasteiger partial charge on any atom is 0.179 e. The third-order valence-corrected chi connectivity index (χ3v) is 3.24. The van der Waals surface area contributed by atoms with E-state index in [1.165, 1.54) is 17.6 Å². The number of fused-ring (bicyclic) bond motifs is 1. The summed E-state index contributed by atoms with van der Waals surface area (Å²) in [7, 11) is 1.80. The van der Waals surface area contributed by atoms with E-state index < -0.39 is 0 Å². The molecule has 7 nitrogen and oxygen atoms in total. The third-order valence-electron chi connectivity index (χ3n) is 3.24. The number of nitrogens with zero attached hydrogens (tertiary/aromatic N) is 4. The second kappa shape index (κ2) is 5.44. The Morgan fingerprint density at radius 1 is 1.27 bits per heavy atom. The second-order valence-corrected chi connectivity index (χ2v) is 4.92. The van der Waals surface area contributed by atoms with E-state index in [4.69, 9.17) is 0 Å². The lowest BCUT2D eigenvalue weighted by Crippen LogP contribution is -2.07. The molecule has 0 radical (unpaired) electrons. The summed E-state index contributed by atoms with van der Waals surface area (Å²) in [6, 6.07) is 7.53. The Morgan fingerprint density at radius 3 is 2.77 bits per heavy atom. The number of rotatable bonds is 4. The van der Waals surface area contributed by atoms with E-state index in [-0.39, 0.29) is 5.78 Å². The molecule has 0 aliphatic carbocycles. The number of anilines is 3. The molecule has 0 aromatic carbocycles. The summed E-state index contributed by atoms with van der Waals surface area (Å²) in [6.45, 7) is 3.41. The highest BCUT2D eigenvalue weighted by Gasteiger charge is 2.13. The van der Waals surface area contributed by atoms with Gasteiger partial charge in [0.05, 0.1) is 11.9 Å². The number of ketones is 1. The smallest absolute Gasteiger partial charge is 0.179 e. The number of aryl methyl sites for hydroxylation is 1. The van der Waals surface area contributed by atoms with Crippen LogP contribution in [0.15, 0.2) is 30.5 Å². The van der Waals surface area contributed by atoms with Gasteiger partial charge in [-0.05, 0) is 19.1 Å². The van der Waals surface area contributed by atoms with E-state index >= 15 is 0 Å². The fourth-order valence-corrected chi connectivity index (χ4v) is 2.20. The molecule has 112 valence electrons. The third kappa shape index (κ3) is 2.48. The number of carbonyl (C=O) groups is 1. The van der Waals surface area contributed by atoms with E-state index in [0.29, 0.717) is 23.0 Å². The zero-order chi connectivity index (χ0) is 15.7. The first-order chi connectivity index (χ1) is 10.6. The normalized spacial score (nSPS) is 10.7. The van der Waals surface area contributed by atoms with Crippen molar-refractivity contribution < 1.29 is 4.79 Å². The zero-order valence-electron chi connectivity index (χ0n) is 12.6. The minimum Gasteiger partial charge on any atom is -0.385 e. The van der Waals surface area contributed by atoms with Crippen LogP contribution in [0.2, 0.25) is 0 Å². The molecule has 0 unspecified atom stereocenters. The Morgan fingerprint density at radius 2 is 2.09 bits per heavy atom. The van der Waals surface area contributed by atoms with Crippen molar-refractivity contribution in [3.63, 3.8) is 0 Å². The van der Waals surface area contributed by atoms with Crippen molar-refractivity contribution in [3.05, 3.63) is 41.9 Å². The number of nitrogens with one attached hydrogen (secondary N) is 2. The molecular formula is C15H16N6O. The Kier molecular flexibility index (Phi) is 3.46. The van der Waals surface area contributed by atoms with Crippen LogP contribution in [0.5, 0.6) is 0 Å².